The molecule has 0 aliphatic heterocycles. The first-order valence-corrected chi connectivity index (χ1v) is 12.2. The summed E-state index contributed by atoms with van der Waals surface area (Å²) in [6, 6.07) is 20.6. The van der Waals surface area contributed by atoms with Crippen LogP contribution >= 0.6 is 35.0 Å². The number of rotatable bonds is 11. The molecule has 172 valence electrons. The molecule has 0 heterocycles. The summed E-state index contributed by atoms with van der Waals surface area (Å²) in [7, 11) is 0. The lowest BCUT2D eigenvalue weighted by Gasteiger charge is -2.12. The Hall–Kier alpha value is -2.67. The predicted molar refractivity (Wildman–Crippen MR) is 137 cm³/mol. The van der Waals surface area contributed by atoms with Crippen LogP contribution in [0.1, 0.15) is 23.6 Å². The quantitative estimate of drug-likeness (QED) is 0.245. The molecule has 33 heavy (non-hydrogen) atoms. The van der Waals surface area contributed by atoms with E-state index in [9.17, 15) is 4.79 Å². The molecule has 0 aliphatic rings. The number of thioether (sulfide) groups is 1. The van der Waals surface area contributed by atoms with Crippen LogP contribution < -0.4 is 14.9 Å². The number of benzene rings is 3. The van der Waals surface area contributed by atoms with Crippen molar-refractivity contribution in [3.8, 4) is 11.5 Å². The minimum atomic E-state index is -0.168. The van der Waals surface area contributed by atoms with E-state index in [2.05, 4.69) is 10.5 Å². The standard InChI is InChI=1S/C25H24Cl2N2O3S/c1-2-31-24-13-20(7-12-23(24)32-15-18-3-8-21(26)9-4-18)14-28-29-25(30)17-33-16-19-5-10-22(27)11-6-19/h3-14H,2,15-17H2,1H3,(H,29,30)/b28-14-. The van der Waals surface area contributed by atoms with Crippen molar-refractivity contribution >= 4 is 47.1 Å². The molecule has 0 spiro atoms. The molecular formula is C25H24Cl2N2O3S. The average Bonchev–Trinajstić information content (AvgIpc) is 2.81. The molecule has 0 saturated carbocycles. The van der Waals surface area contributed by atoms with Crippen molar-refractivity contribution in [2.45, 2.75) is 19.3 Å². The molecule has 0 radical (unpaired) electrons. The van der Waals surface area contributed by atoms with Crippen LogP contribution in [-0.2, 0) is 17.2 Å². The van der Waals surface area contributed by atoms with E-state index in [-0.39, 0.29) is 5.91 Å². The van der Waals surface area contributed by atoms with E-state index < -0.39 is 0 Å². The summed E-state index contributed by atoms with van der Waals surface area (Å²) in [5.74, 6) is 2.11. The molecule has 3 rings (SSSR count). The van der Waals surface area contributed by atoms with E-state index in [1.54, 1.807) is 6.21 Å². The third-order valence-corrected chi connectivity index (χ3v) is 5.90. The second-order valence-electron chi connectivity index (χ2n) is 6.97. The summed E-state index contributed by atoms with van der Waals surface area (Å²) in [5, 5.41) is 5.43. The van der Waals surface area contributed by atoms with Gasteiger partial charge in [-0.25, -0.2) is 5.43 Å². The van der Waals surface area contributed by atoms with Crippen LogP contribution in [0.3, 0.4) is 0 Å². The predicted octanol–water partition coefficient (Wildman–Crippen LogP) is 6.35. The van der Waals surface area contributed by atoms with E-state index in [1.165, 1.54) is 11.8 Å². The van der Waals surface area contributed by atoms with Gasteiger partial charge in [0.05, 0.1) is 18.6 Å². The molecule has 0 saturated heterocycles. The van der Waals surface area contributed by atoms with E-state index >= 15 is 0 Å². The van der Waals surface area contributed by atoms with Gasteiger partial charge in [0.25, 0.3) is 0 Å². The van der Waals surface area contributed by atoms with Crippen molar-refractivity contribution in [2.75, 3.05) is 12.4 Å². The summed E-state index contributed by atoms with van der Waals surface area (Å²) in [4.78, 5) is 12.0. The highest BCUT2D eigenvalue weighted by Crippen LogP contribution is 2.29. The fourth-order valence-electron chi connectivity index (χ4n) is 2.79. The summed E-state index contributed by atoms with van der Waals surface area (Å²) in [5.41, 5.74) is 5.45. The van der Waals surface area contributed by atoms with Gasteiger partial charge in [-0.3, -0.25) is 4.79 Å². The molecule has 3 aromatic carbocycles. The Morgan fingerprint density at radius 3 is 2.27 bits per heavy atom. The van der Waals surface area contributed by atoms with Gasteiger partial charge in [0.15, 0.2) is 11.5 Å². The number of halogens is 2. The van der Waals surface area contributed by atoms with Gasteiger partial charge in [-0.1, -0.05) is 47.5 Å². The highest BCUT2D eigenvalue weighted by Gasteiger charge is 2.07. The number of nitrogens with one attached hydrogen (secondary N) is 1. The molecular weight excluding hydrogens is 479 g/mol. The lowest BCUT2D eigenvalue weighted by molar-refractivity contribution is -0.118. The Morgan fingerprint density at radius 1 is 0.939 bits per heavy atom. The second-order valence-corrected chi connectivity index (χ2v) is 8.83. The lowest BCUT2D eigenvalue weighted by Crippen LogP contribution is -2.19. The minimum absolute atomic E-state index is 0.168. The van der Waals surface area contributed by atoms with Crippen molar-refractivity contribution in [1.29, 1.82) is 0 Å². The minimum Gasteiger partial charge on any atom is -0.490 e. The Balaban J connectivity index is 1.49. The van der Waals surface area contributed by atoms with Gasteiger partial charge in [-0.2, -0.15) is 5.10 Å². The summed E-state index contributed by atoms with van der Waals surface area (Å²) >= 11 is 13.3. The number of carbonyl (C=O) groups is 1. The molecule has 0 bridgehead atoms. The van der Waals surface area contributed by atoms with E-state index in [1.807, 2.05) is 73.7 Å². The largest absolute Gasteiger partial charge is 0.490 e. The Bertz CT molecular complexity index is 1070. The molecule has 0 aromatic heterocycles. The van der Waals surface area contributed by atoms with Gasteiger partial charge in [0.2, 0.25) is 5.91 Å². The number of amides is 1. The second kappa shape index (κ2) is 13.1. The summed E-state index contributed by atoms with van der Waals surface area (Å²) in [6.45, 7) is 2.81. The first-order chi connectivity index (χ1) is 16.0. The zero-order valence-electron chi connectivity index (χ0n) is 18.1. The third kappa shape index (κ3) is 8.65. The normalized spacial score (nSPS) is 10.9. The number of nitrogens with zero attached hydrogens (tertiary/aromatic N) is 1. The average molecular weight is 503 g/mol. The van der Waals surface area contributed by atoms with Crippen LogP contribution in [0.2, 0.25) is 10.0 Å². The van der Waals surface area contributed by atoms with Gasteiger partial charge >= 0.3 is 0 Å². The molecule has 5 nitrogen and oxygen atoms in total. The third-order valence-electron chi connectivity index (χ3n) is 4.39. The maximum Gasteiger partial charge on any atom is 0.250 e. The first kappa shape index (κ1) is 25.0. The van der Waals surface area contributed by atoms with Crippen LogP contribution in [0, 0.1) is 0 Å². The van der Waals surface area contributed by atoms with Crippen LogP contribution in [0.25, 0.3) is 0 Å². The molecule has 0 fully saturated rings. The Morgan fingerprint density at radius 2 is 1.61 bits per heavy atom. The van der Waals surface area contributed by atoms with Crippen molar-refractivity contribution < 1.29 is 14.3 Å². The number of hydrazone groups is 1. The first-order valence-electron chi connectivity index (χ1n) is 10.3. The monoisotopic (exact) mass is 502 g/mol. The number of hydrogen-bond acceptors (Lipinski definition) is 5. The Labute approximate surface area is 208 Å². The summed E-state index contributed by atoms with van der Waals surface area (Å²) < 4.78 is 11.6. The van der Waals surface area contributed by atoms with Crippen molar-refractivity contribution in [1.82, 2.24) is 5.43 Å². The van der Waals surface area contributed by atoms with Crippen molar-refractivity contribution in [3.63, 3.8) is 0 Å². The highest BCUT2D eigenvalue weighted by atomic mass is 35.5. The molecule has 8 heteroatoms. The van der Waals surface area contributed by atoms with Crippen LogP contribution in [0.4, 0.5) is 0 Å². The van der Waals surface area contributed by atoms with Gasteiger partial charge in [0.1, 0.15) is 6.61 Å². The topological polar surface area (TPSA) is 59.9 Å². The van der Waals surface area contributed by atoms with Crippen LogP contribution in [0.5, 0.6) is 11.5 Å². The molecule has 0 atom stereocenters. The SMILES string of the molecule is CCOc1cc(/C=N\NC(=O)CSCc2ccc(Cl)cc2)ccc1OCc1ccc(Cl)cc1. The maximum absolute atomic E-state index is 12.0. The van der Waals surface area contributed by atoms with Gasteiger partial charge in [0, 0.05) is 15.8 Å². The van der Waals surface area contributed by atoms with Crippen molar-refractivity contribution in [2.24, 2.45) is 5.10 Å². The number of carbonyl (C=O) groups excluding carboxylic acids is 1. The number of ether oxygens (including phenoxy) is 2. The molecule has 1 N–H and O–H groups in total. The zero-order chi connectivity index (χ0) is 23.5. The number of hydrogen-bond donors (Lipinski definition) is 1. The van der Waals surface area contributed by atoms with E-state index in [0.29, 0.717) is 40.5 Å². The zero-order valence-corrected chi connectivity index (χ0v) is 20.4. The van der Waals surface area contributed by atoms with Crippen LogP contribution in [0.15, 0.2) is 71.8 Å². The highest BCUT2D eigenvalue weighted by molar-refractivity contribution is 7.99. The molecule has 0 aliphatic carbocycles. The fourth-order valence-corrected chi connectivity index (χ4v) is 3.82. The van der Waals surface area contributed by atoms with Gasteiger partial charge in [-0.05, 0) is 66.1 Å². The van der Waals surface area contributed by atoms with E-state index in [4.69, 9.17) is 32.7 Å². The van der Waals surface area contributed by atoms with Gasteiger partial charge in [-0.15, -0.1) is 11.8 Å². The summed E-state index contributed by atoms with van der Waals surface area (Å²) in [6.07, 6.45) is 1.58. The smallest absolute Gasteiger partial charge is 0.250 e. The molecule has 3 aromatic rings. The molecule has 1 amide bonds. The Kier molecular flexibility index (Phi) is 9.94. The lowest BCUT2D eigenvalue weighted by atomic mass is 10.2. The van der Waals surface area contributed by atoms with Gasteiger partial charge < -0.3 is 9.47 Å². The van der Waals surface area contributed by atoms with Crippen molar-refractivity contribution in [3.05, 3.63) is 93.5 Å². The van der Waals surface area contributed by atoms with Crippen LogP contribution in [-0.4, -0.2) is 24.5 Å². The fraction of sp³-hybridized carbons (Fsp3) is 0.200. The molecule has 0 unspecified atom stereocenters. The van der Waals surface area contributed by atoms with E-state index in [0.717, 1.165) is 22.4 Å². The maximum atomic E-state index is 12.0.